The molecular weight excluding hydrogens is 605 g/mol. The summed E-state index contributed by atoms with van der Waals surface area (Å²) in [6, 6.07) is 26.9. The molecule has 0 radical (unpaired) electrons. The van der Waals surface area contributed by atoms with Crippen molar-refractivity contribution < 1.29 is 27.1 Å². The van der Waals surface area contributed by atoms with Gasteiger partial charge in [-0.05, 0) is 79.9 Å². The number of amides is 2. The van der Waals surface area contributed by atoms with Crippen molar-refractivity contribution in [1.82, 2.24) is 10.2 Å². The van der Waals surface area contributed by atoms with Crippen molar-refractivity contribution >= 4 is 27.5 Å². The van der Waals surface area contributed by atoms with Crippen LogP contribution in [-0.2, 0) is 32.6 Å². The summed E-state index contributed by atoms with van der Waals surface area (Å²) < 4.78 is 48.7. The van der Waals surface area contributed by atoms with Gasteiger partial charge < -0.3 is 15.0 Å². The normalized spacial score (nSPS) is 11.8. The average molecular weight is 646 g/mol. The molecule has 0 bridgehead atoms. The predicted molar refractivity (Wildman–Crippen MR) is 178 cm³/mol. The molecule has 1 unspecified atom stereocenters. The lowest BCUT2D eigenvalue weighted by molar-refractivity contribution is -0.140. The number of hydrogen-bond donors (Lipinski definition) is 1. The second-order valence-electron chi connectivity index (χ2n) is 10.9. The Bertz CT molecular complexity index is 1680. The van der Waals surface area contributed by atoms with E-state index in [1.165, 1.54) is 29.2 Å². The van der Waals surface area contributed by atoms with Gasteiger partial charge in [0.15, 0.2) is 0 Å². The van der Waals surface area contributed by atoms with E-state index < -0.39 is 34.3 Å². The van der Waals surface area contributed by atoms with Crippen LogP contribution in [0.5, 0.6) is 5.75 Å². The molecule has 4 rings (SSSR count). The van der Waals surface area contributed by atoms with Crippen LogP contribution < -0.4 is 14.4 Å². The molecule has 0 heterocycles. The maximum atomic E-state index is 14.4. The molecule has 0 spiro atoms. The monoisotopic (exact) mass is 645 g/mol. The predicted octanol–water partition coefficient (Wildman–Crippen LogP) is 5.89. The first kappa shape index (κ1) is 34.2. The molecular formula is C36H40FN3O5S. The second kappa shape index (κ2) is 16.0. The lowest BCUT2D eigenvalue weighted by atomic mass is 10.0. The number of rotatable bonds is 15. The third-order valence-corrected chi connectivity index (χ3v) is 9.20. The quantitative estimate of drug-likeness (QED) is 0.174. The number of halogens is 1. The van der Waals surface area contributed by atoms with Crippen LogP contribution in [0.1, 0.15) is 37.0 Å². The minimum absolute atomic E-state index is 0.0177. The molecule has 1 atom stereocenters. The molecule has 10 heteroatoms. The fourth-order valence-electron chi connectivity index (χ4n) is 4.95. The van der Waals surface area contributed by atoms with Gasteiger partial charge in [0.2, 0.25) is 11.8 Å². The number of carbonyl (C=O) groups excluding carboxylic acids is 2. The van der Waals surface area contributed by atoms with Crippen molar-refractivity contribution in [3.63, 3.8) is 0 Å². The second-order valence-corrected chi connectivity index (χ2v) is 12.8. The van der Waals surface area contributed by atoms with Crippen LogP contribution in [0.25, 0.3) is 0 Å². The SMILES string of the molecule is CCCNC(=O)C(Cc1ccccc1)N(Cc1ccc(F)cc1)C(=O)CN(c1ccc(C)cc1)S(=O)(=O)c1ccc(OCC)cc1. The number of hydrogen-bond acceptors (Lipinski definition) is 5. The first-order valence-corrected chi connectivity index (χ1v) is 16.7. The summed E-state index contributed by atoms with van der Waals surface area (Å²) in [6.45, 7) is 5.86. The molecule has 0 saturated heterocycles. The van der Waals surface area contributed by atoms with Gasteiger partial charge in [-0.2, -0.15) is 0 Å². The highest BCUT2D eigenvalue weighted by Crippen LogP contribution is 2.27. The zero-order chi connectivity index (χ0) is 33.1. The fraction of sp³-hybridized carbons (Fsp3) is 0.278. The van der Waals surface area contributed by atoms with Crippen molar-refractivity contribution in [3.05, 3.63) is 126 Å². The maximum absolute atomic E-state index is 14.4. The van der Waals surface area contributed by atoms with Gasteiger partial charge in [0.05, 0.1) is 17.2 Å². The Morgan fingerprint density at radius 3 is 2.11 bits per heavy atom. The summed E-state index contributed by atoms with van der Waals surface area (Å²) in [5, 5.41) is 2.91. The molecule has 8 nitrogen and oxygen atoms in total. The van der Waals surface area contributed by atoms with E-state index in [0.717, 1.165) is 15.4 Å². The van der Waals surface area contributed by atoms with Crippen molar-refractivity contribution in [1.29, 1.82) is 0 Å². The largest absolute Gasteiger partial charge is 0.494 e. The average Bonchev–Trinajstić information content (AvgIpc) is 3.06. The molecule has 4 aromatic carbocycles. The van der Waals surface area contributed by atoms with Crippen molar-refractivity contribution in [2.45, 2.75) is 51.1 Å². The van der Waals surface area contributed by atoms with E-state index in [4.69, 9.17) is 4.74 Å². The van der Waals surface area contributed by atoms with Gasteiger partial charge >= 0.3 is 0 Å². The Labute approximate surface area is 270 Å². The Morgan fingerprint density at radius 1 is 0.848 bits per heavy atom. The van der Waals surface area contributed by atoms with E-state index in [-0.39, 0.29) is 23.8 Å². The molecule has 0 aliphatic heterocycles. The van der Waals surface area contributed by atoms with Crippen LogP contribution in [0.15, 0.2) is 108 Å². The zero-order valence-corrected chi connectivity index (χ0v) is 27.2. The van der Waals surface area contributed by atoms with Gasteiger partial charge in [0.1, 0.15) is 24.2 Å². The minimum atomic E-state index is -4.24. The number of sulfonamides is 1. The van der Waals surface area contributed by atoms with Crippen molar-refractivity contribution in [2.24, 2.45) is 0 Å². The smallest absolute Gasteiger partial charge is 0.264 e. The van der Waals surface area contributed by atoms with Crippen LogP contribution in [0.2, 0.25) is 0 Å². The summed E-state index contributed by atoms with van der Waals surface area (Å²) in [6.07, 6.45) is 0.886. The number of aryl methyl sites for hydroxylation is 1. The highest BCUT2D eigenvalue weighted by atomic mass is 32.2. The molecule has 2 amide bonds. The van der Waals surface area contributed by atoms with E-state index in [1.54, 1.807) is 48.5 Å². The van der Waals surface area contributed by atoms with E-state index in [2.05, 4.69) is 5.32 Å². The lowest BCUT2D eigenvalue weighted by Crippen LogP contribution is -2.53. The maximum Gasteiger partial charge on any atom is 0.264 e. The van der Waals surface area contributed by atoms with Crippen LogP contribution >= 0.6 is 0 Å². The van der Waals surface area contributed by atoms with Gasteiger partial charge in [0, 0.05) is 19.5 Å². The van der Waals surface area contributed by atoms with Crippen LogP contribution in [0.4, 0.5) is 10.1 Å². The van der Waals surface area contributed by atoms with E-state index >= 15 is 0 Å². The van der Waals surface area contributed by atoms with Gasteiger partial charge in [0.25, 0.3) is 10.0 Å². The molecule has 4 aromatic rings. The van der Waals surface area contributed by atoms with Crippen molar-refractivity contribution in [3.8, 4) is 5.75 Å². The molecule has 0 fully saturated rings. The summed E-state index contributed by atoms with van der Waals surface area (Å²) in [5.41, 5.74) is 2.63. The lowest BCUT2D eigenvalue weighted by Gasteiger charge is -2.34. The first-order chi connectivity index (χ1) is 22.1. The molecule has 0 aromatic heterocycles. The number of anilines is 1. The van der Waals surface area contributed by atoms with E-state index in [9.17, 15) is 22.4 Å². The standard InChI is InChI=1S/C36H40FN3O5S/c1-4-23-38-36(42)34(24-28-9-7-6-8-10-28)39(25-29-13-15-30(37)16-14-29)35(41)26-40(31-17-11-27(3)12-18-31)46(43,44)33-21-19-32(20-22-33)45-5-2/h6-22,34H,4-5,23-26H2,1-3H3,(H,38,42). The number of benzene rings is 4. The van der Waals surface area contributed by atoms with Crippen LogP contribution in [0, 0.1) is 12.7 Å². The number of nitrogens with zero attached hydrogens (tertiary/aromatic N) is 2. The molecule has 0 aliphatic carbocycles. The number of nitrogens with one attached hydrogen (secondary N) is 1. The fourth-order valence-corrected chi connectivity index (χ4v) is 6.36. The third kappa shape index (κ3) is 8.94. The Hall–Kier alpha value is -4.70. The highest BCUT2D eigenvalue weighted by molar-refractivity contribution is 7.92. The molecule has 0 saturated carbocycles. The van der Waals surface area contributed by atoms with E-state index in [0.29, 0.717) is 36.6 Å². The number of ether oxygens (including phenoxy) is 1. The summed E-state index contributed by atoms with van der Waals surface area (Å²) >= 11 is 0. The minimum Gasteiger partial charge on any atom is -0.494 e. The van der Waals surface area contributed by atoms with E-state index in [1.807, 2.05) is 51.1 Å². The van der Waals surface area contributed by atoms with Crippen LogP contribution in [0.3, 0.4) is 0 Å². The van der Waals surface area contributed by atoms with Gasteiger partial charge in [-0.3, -0.25) is 13.9 Å². The topological polar surface area (TPSA) is 96.0 Å². The van der Waals surface area contributed by atoms with Gasteiger partial charge in [-0.25, -0.2) is 12.8 Å². The molecule has 46 heavy (non-hydrogen) atoms. The summed E-state index contributed by atoms with van der Waals surface area (Å²) in [4.78, 5) is 29.5. The molecule has 1 N–H and O–H groups in total. The Morgan fingerprint density at radius 2 is 1.50 bits per heavy atom. The van der Waals surface area contributed by atoms with Gasteiger partial charge in [-0.15, -0.1) is 0 Å². The summed E-state index contributed by atoms with van der Waals surface area (Å²) in [7, 11) is -4.24. The first-order valence-electron chi connectivity index (χ1n) is 15.3. The highest BCUT2D eigenvalue weighted by Gasteiger charge is 2.34. The van der Waals surface area contributed by atoms with Crippen LogP contribution in [-0.4, -0.2) is 50.9 Å². The third-order valence-electron chi connectivity index (χ3n) is 7.41. The molecule has 242 valence electrons. The zero-order valence-electron chi connectivity index (χ0n) is 26.4. The van der Waals surface area contributed by atoms with Gasteiger partial charge in [-0.1, -0.05) is 67.1 Å². The van der Waals surface area contributed by atoms with Crippen molar-refractivity contribution in [2.75, 3.05) is 24.0 Å². The Kier molecular flexibility index (Phi) is 11.9. The summed E-state index contributed by atoms with van der Waals surface area (Å²) in [5.74, 6) is -0.869. The Balaban J connectivity index is 1.78. The number of carbonyl (C=O) groups is 2. The molecule has 0 aliphatic rings.